The lowest BCUT2D eigenvalue weighted by Crippen LogP contribution is -2.48. The molecular weight excluding hydrogens is 253 g/mol. The second-order valence-electron chi connectivity index (χ2n) is 4.17. The molecule has 1 aliphatic heterocycles. The molecule has 1 fully saturated rings. The van der Waals surface area contributed by atoms with Gasteiger partial charge >= 0.3 is 12.1 Å². The molecular formula is C9H11F3N4O2. The van der Waals surface area contributed by atoms with Crippen LogP contribution < -0.4 is 0 Å². The van der Waals surface area contributed by atoms with E-state index < -0.39 is 18.6 Å². The van der Waals surface area contributed by atoms with E-state index in [0.717, 1.165) is 0 Å². The Morgan fingerprint density at radius 2 is 2.17 bits per heavy atom. The van der Waals surface area contributed by atoms with Crippen LogP contribution in [-0.4, -0.2) is 56.8 Å². The van der Waals surface area contributed by atoms with Crippen LogP contribution in [-0.2, 0) is 0 Å². The fourth-order valence-electron chi connectivity index (χ4n) is 1.73. The molecule has 18 heavy (non-hydrogen) atoms. The van der Waals surface area contributed by atoms with E-state index >= 15 is 0 Å². The van der Waals surface area contributed by atoms with Crippen molar-refractivity contribution in [2.75, 3.05) is 19.6 Å². The Kier molecular flexibility index (Phi) is 3.24. The van der Waals surface area contributed by atoms with Gasteiger partial charge < -0.3 is 5.11 Å². The van der Waals surface area contributed by atoms with Gasteiger partial charge in [0.05, 0.1) is 18.7 Å². The number of aromatic carboxylic acids is 1. The molecule has 6 nitrogen and oxygen atoms in total. The number of carbonyl (C=O) groups is 1. The third-order valence-corrected chi connectivity index (χ3v) is 2.75. The van der Waals surface area contributed by atoms with Crippen LogP contribution >= 0.6 is 0 Å². The molecule has 0 spiro atoms. The summed E-state index contributed by atoms with van der Waals surface area (Å²) < 4.78 is 37.3. The number of rotatable bonds is 4. The normalized spacial score (nSPS) is 17.7. The summed E-state index contributed by atoms with van der Waals surface area (Å²) in [5.74, 6) is -1.17. The van der Waals surface area contributed by atoms with Crippen molar-refractivity contribution in [3.05, 3.63) is 11.9 Å². The van der Waals surface area contributed by atoms with Crippen molar-refractivity contribution < 1.29 is 23.1 Å². The summed E-state index contributed by atoms with van der Waals surface area (Å²) in [6.07, 6.45) is -3.69. The minimum Gasteiger partial charge on any atom is -0.476 e. The van der Waals surface area contributed by atoms with Crippen LogP contribution in [0.5, 0.6) is 0 Å². The Morgan fingerprint density at radius 1 is 1.50 bits per heavy atom. The maximum absolute atomic E-state index is 12.0. The standard InChI is InChI=1S/C9H11F3N4O2/c10-9(11,12)1-2-15-3-6(4-15)16-5-7(8(17)18)13-14-16/h5-6H,1-4H2,(H,17,18). The molecule has 2 rings (SSSR count). The largest absolute Gasteiger partial charge is 0.476 e. The van der Waals surface area contributed by atoms with Crippen molar-refractivity contribution in [2.24, 2.45) is 0 Å². The third-order valence-electron chi connectivity index (χ3n) is 2.75. The van der Waals surface area contributed by atoms with Gasteiger partial charge in [0.25, 0.3) is 0 Å². The van der Waals surface area contributed by atoms with E-state index in [0.29, 0.717) is 13.1 Å². The van der Waals surface area contributed by atoms with Gasteiger partial charge in [0.1, 0.15) is 0 Å². The molecule has 1 N–H and O–H groups in total. The molecule has 1 aliphatic rings. The Balaban J connectivity index is 1.80. The molecule has 0 bridgehead atoms. The molecule has 1 aromatic heterocycles. The number of carboxylic acid groups (broad SMARTS) is 1. The number of likely N-dealkylation sites (tertiary alicyclic amines) is 1. The SMILES string of the molecule is O=C(O)c1cn(C2CN(CCC(F)(F)F)C2)nn1. The highest BCUT2D eigenvalue weighted by molar-refractivity contribution is 5.84. The van der Waals surface area contributed by atoms with Crippen LogP contribution in [0.2, 0.25) is 0 Å². The van der Waals surface area contributed by atoms with Gasteiger partial charge in [-0.25, -0.2) is 9.48 Å². The minimum atomic E-state index is -4.14. The van der Waals surface area contributed by atoms with E-state index in [1.54, 1.807) is 4.90 Å². The highest BCUT2D eigenvalue weighted by Gasteiger charge is 2.33. The Morgan fingerprint density at radius 3 is 2.67 bits per heavy atom. The first-order valence-electron chi connectivity index (χ1n) is 5.29. The van der Waals surface area contributed by atoms with Gasteiger partial charge in [-0.05, 0) is 0 Å². The van der Waals surface area contributed by atoms with Gasteiger partial charge in [0, 0.05) is 19.6 Å². The number of hydrogen-bond donors (Lipinski definition) is 1. The molecule has 0 atom stereocenters. The van der Waals surface area contributed by atoms with E-state index in [9.17, 15) is 18.0 Å². The fraction of sp³-hybridized carbons (Fsp3) is 0.667. The molecule has 0 unspecified atom stereocenters. The number of alkyl halides is 3. The Labute approximate surface area is 100.0 Å². The van der Waals surface area contributed by atoms with E-state index in [-0.39, 0.29) is 18.3 Å². The van der Waals surface area contributed by atoms with Crippen molar-refractivity contribution >= 4 is 5.97 Å². The molecule has 0 aromatic carbocycles. The van der Waals surface area contributed by atoms with E-state index in [1.807, 2.05) is 0 Å². The van der Waals surface area contributed by atoms with Crippen LogP contribution in [0.3, 0.4) is 0 Å². The number of nitrogens with zero attached hydrogens (tertiary/aromatic N) is 4. The summed E-state index contributed by atoms with van der Waals surface area (Å²) >= 11 is 0. The lowest BCUT2D eigenvalue weighted by molar-refractivity contribution is -0.141. The second-order valence-corrected chi connectivity index (χ2v) is 4.17. The highest BCUT2D eigenvalue weighted by Crippen LogP contribution is 2.25. The molecule has 100 valence electrons. The summed E-state index contributed by atoms with van der Waals surface area (Å²) in [5.41, 5.74) is -0.163. The van der Waals surface area contributed by atoms with Crippen LogP contribution in [0.15, 0.2) is 6.20 Å². The van der Waals surface area contributed by atoms with Crippen LogP contribution in [0.4, 0.5) is 13.2 Å². The summed E-state index contributed by atoms with van der Waals surface area (Å²) in [4.78, 5) is 12.2. The predicted molar refractivity (Wildman–Crippen MR) is 53.1 cm³/mol. The van der Waals surface area contributed by atoms with Crippen LogP contribution in [0.25, 0.3) is 0 Å². The summed E-state index contributed by atoms with van der Waals surface area (Å²) in [5, 5.41) is 15.7. The Hall–Kier alpha value is -1.64. The molecule has 2 heterocycles. The lowest BCUT2D eigenvalue weighted by atomic mass is 10.1. The summed E-state index contributed by atoms with van der Waals surface area (Å²) in [6, 6.07) is -0.0983. The zero-order chi connectivity index (χ0) is 13.3. The van der Waals surface area contributed by atoms with Gasteiger partial charge in [0.2, 0.25) is 0 Å². The zero-order valence-electron chi connectivity index (χ0n) is 9.26. The minimum absolute atomic E-state index is 0.0412. The summed E-state index contributed by atoms with van der Waals surface area (Å²) in [7, 11) is 0. The first-order chi connectivity index (χ1) is 8.35. The van der Waals surface area contributed by atoms with Crippen LogP contribution in [0, 0.1) is 0 Å². The molecule has 0 amide bonds. The summed E-state index contributed by atoms with van der Waals surface area (Å²) in [6.45, 7) is 0.817. The Bertz CT molecular complexity index is 439. The average Bonchev–Trinajstić information content (AvgIpc) is 2.62. The van der Waals surface area contributed by atoms with Crippen molar-refractivity contribution in [3.63, 3.8) is 0 Å². The molecule has 0 radical (unpaired) electrons. The van der Waals surface area contributed by atoms with Crippen LogP contribution in [0.1, 0.15) is 23.0 Å². The van der Waals surface area contributed by atoms with Gasteiger partial charge in [-0.1, -0.05) is 5.21 Å². The molecule has 9 heteroatoms. The second kappa shape index (κ2) is 4.56. The quantitative estimate of drug-likeness (QED) is 0.870. The number of aromatic nitrogens is 3. The van der Waals surface area contributed by atoms with Gasteiger partial charge in [0.15, 0.2) is 5.69 Å². The van der Waals surface area contributed by atoms with Gasteiger partial charge in [-0.15, -0.1) is 5.10 Å². The number of hydrogen-bond acceptors (Lipinski definition) is 4. The number of halogens is 3. The van der Waals surface area contributed by atoms with E-state index in [2.05, 4.69) is 10.3 Å². The van der Waals surface area contributed by atoms with Gasteiger partial charge in [-0.2, -0.15) is 13.2 Å². The van der Waals surface area contributed by atoms with Crippen molar-refractivity contribution in [1.82, 2.24) is 19.9 Å². The predicted octanol–water partition coefficient (Wildman–Crippen LogP) is 0.785. The van der Waals surface area contributed by atoms with E-state index in [4.69, 9.17) is 5.11 Å². The van der Waals surface area contributed by atoms with Gasteiger partial charge in [-0.3, -0.25) is 4.90 Å². The molecule has 1 saturated heterocycles. The first-order valence-corrected chi connectivity index (χ1v) is 5.29. The van der Waals surface area contributed by atoms with Crippen molar-refractivity contribution in [2.45, 2.75) is 18.6 Å². The van der Waals surface area contributed by atoms with E-state index in [1.165, 1.54) is 10.9 Å². The lowest BCUT2D eigenvalue weighted by Gasteiger charge is -2.38. The smallest absolute Gasteiger partial charge is 0.390 e. The molecule has 0 saturated carbocycles. The van der Waals surface area contributed by atoms with Crippen molar-refractivity contribution in [3.8, 4) is 0 Å². The maximum atomic E-state index is 12.0. The fourth-order valence-corrected chi connectivity index (χ4v) is 1.73. The monoisotopic (exact) mass is 264 g/mol. The zero-order valence-corrected chi connectivity index (χ0v) is 9.26. The highest BCUT2D eigenvalue weighted by atomic mass is 19.4. The maximum Gasteiger partial charge on any atom is 0.390 e. The number of carboxylic acids is 1. The third kappa shape index (κ3) is 2.97. The average molecular weight is 264 g/mol. The topological polar surface area (TPSA) is 71.2 Å². The molecule has 1 aromatic rings. The first kappa shape index (κ1) is 12.8. The van der Waals surface area contributed by atoms with Crippen molar-refractivity contribution in [1.29, 1.82) is 0 Å². The molecule has 0 aliphatic carbocycles.